The van der Waals surface area contributed by atoms with Gasteiger partial charge in [-0.3, -0.25) is 0 Å². The molecular formula is C12H16N2O. The van der Waals surface area contributed by atoms with Crippen LogP contribution in [0.3, 0.4) is 0 Å². The lowest BCUT2D eigenvalue weighted by Crippen LogP contribution is -2.25. The molecule has 3 nitrogen and oxygen atoms in total. The summed E-state index contributed by atoms with van der Waals surface area (Å²) in [6.07, 6.45) is 2.08. The molecular weight excluding hydrogens is 188 g/mol. The van der Waals surface area contributed by atoms with Crippen LogP contribution in [0.5, 0.6) is 0 Å². The first-order chi connectivity index (χ1) is 7.24. The lowest BCUT2D eigenvalue weighted by molar-refractivity contribution is 0.141. The summed E-state index contributed by atoms with van der Waals surface area (Å²) in [5.74, 6) is 0. The van der Waals surface area contributed by atoms with E-state index in [2.05, 4.69) is 4.98 Å². The fraction of sp³-hybridized carbons (Fsp3) is 0.333. The first kappa shape index (κ1) is 10.2. The minimum atomic E-state index is -0.481. The van der Waals surface area contributed by atoms with Crippen molar-refractivity contribution < 1.29 is 5.11 Å². The van der Waals surface area contributed by atoms with E-state index in [0.717, 1.165) is 16.5 Å². The number of aromatic nitrogens is 1. The number of nitrogens with two attached hydrogens (primary N) is 1. The zero-order chi connectivity index (χ0) is 10.8. The molecule has 0 aliphatic carbocycles. The molecule has 4 N–H and O–H groups in total. The quantitative estimate of drug-likeness (QED) is 0.715. The van der Waals surface area contributed by atoms with Crippen molar-refractivity contribution in [2.45, 2.75) is 25.5 Å². The van der Waals surface area contributed by atoms with Gasteiger partial charge in [-0.2, -0.15) is 0 Å². The predicted octanol–water partition coefficient (Wildman–Crippen LogP) is 1.94. The van der Waals surface area contributed by atoms with Crippen LogP contribution in [-0.4, -0.2) is 16.2 Å². The molecule has 1 heterocycles. The normalized spacial score (nSPS) is 15.4. The van der Waals surface area contributed by atoms with Gasteiger partial charge in [-0.25, -0.2) is 0 Å². The number of fused-ring (bicyclic) bond motifs is 1. The van der Waals surface area contributed by atoms with Crippen molar-refractivity contribution in [3.05, 3.63) is 36.0 Å². The van der Waals surface area contributed by atoms with Crippen LogP contribution in [0.15, 0.2) is 30.5 Å². The van der Waals surface area contributed by atoms with E-state index in [-0.39, 0.29) is 6.04 Å². The van der Waals surface area contributed by atoms with E-state index in [1.807, 2.05) is 37.4 Å². The Balaban J connectivity index is 2.46. The third-order valence-electron chi connectivity index (χ3n) is 2.82. The van der Waals surface area contributed by atoms with Gasteiger partial charge in [0, 0.05) is 17.1 Å². The first-order valence-electron chi connectivity index (χ1n) is 5.23. The van der Waals surface area contributed by atoms with Crippen molar-refractivity contribution in [2.24, 2.45) is 5.73 Å². The summed E-state index contributed by atoms with van der Waals surface area (Å²) in [6, 6.07) is 7.61. The highest BCUT2D eigenvalue weighted by Gasteiger charge is 2.17. The Kier molecular flexibility index (Phi) is 2.75. The van der Waals surface area contributed by atoms with Gasteiger partial charge in [-0.15, -0.1) is 0 Å². The molecule has 0 saturated heterocycles. The molecule has 3 heteroatoms. The Bertz CT molecular complexity index is 450. The number of hydrogen-bond acceptors (Lipinski definition) is 2. The minimum absolute atomic E-state index is 0.311. The van der Waals surface area contributed by atoms with Gasteiger partial charge < -0.3 is 15.8 Å². The van der Waals surface area contributed by atoms with Crippen molar-refractivity contribution >= 4 is 10.9 Å². The zero-order valence-corrected chi connectivity index (χ0v) is 8.77. The van der Waals surface area contributed by atoms with Gasteiger partial charge >= 0.3 is 0 Å². The number of hydrogen-bond donors (Lipinski definition) is 3. The SMILES string of the molecule is CC[C@H](O)[C@H](N)c1cccc2[nH]ccc12. The monoisotopic (exact) mass is 204 g/mol. The number of rotatable bonds is 3. The maximum atomic E-state index is 9.74. The zero-order valence-electron chi connectivity index (χ0n) is 8.77. The molecule has 0 saturated carbocycles. The minimum Gasteiger partial charge on any atom is -0.391 e. The van der Waals surface area contributed by atoms with E-state index in [1.54, 1.807) is 0 Å². The number of benzene rings is 1. The molecule has 80 valence electrons. The lowest BCUT2D eigenvalue weighted by Gasteiger charge is -2.18. The van der Waals surface area contributed by atoms with Crippen molar-refractivity contribution in [2.75, 3.05) is 0 Å². The molecule has 0 bridgehead atoms. The molecule has 2 aromatic rings. The average molecular weight is 204 g/mol. The smallest absolute Gasteiger partial charge is 0.0730 e. The van der Waals surface area contributed by atoms with E-state index in [1.165, 1.54) is 0 Å². The van der Waals surface area contributed by atoms with Crippen LogP contribution in [0, 0.1) is 0 Å². The Morgan fingerprint density at radius 2 is 2.20 bits per heavy atom. The van der Waals surface area contributed by atoms with Crippen LogP contribution in [0.1, 0.15) is 24.9 Å². The van der Waals surface area contributed by atoms with E-state index < -0.39 is 6.10 Å². The number of aromatic amines is 1. The highest BCUT2D eigenvalue weighted by atomic mass is 16.3. The molecule has 15 heavy (non-hydrogen) atoms. The first-order valence-corrected chi connectivity index (χ1v) is 5.23. The van der Waals surface area contributed by atoms with E-state index in [4.69, 9.17) is 5.73 Å². The van der Waals surface area contributed by atoms with Gasteiger partial charge in [-0.1, -0.05) is 19.1 Å². The number of aliphatic hydroxyl groups excluding tert-OH is 1. The Labute approximate surface area is 88.9 Å². The number of nitrogens with one attached hydrogen (secondary N) is 1. The van der Waals surface area contributed by atoms with Crippen molar-refractivity contribution in [1.82, 2.24) is 4.98 Å². The molecule has 2 atom stereocenters. The lowest BCUT2D eigenvalue weighted by atomic mass is 9.97. The largest absolute Gasteiger partial charge is 0.391 e. The molecule has 1 aromatic heterocycles. The number of aliphatic hydroxyl groups is 1. The second kappa shape index (κ2) is 4.04. The molecule has 0 aliphatic rings. The third-order valence-corrected chi connectivity index (χ3v) is 2.82. The van der Waals surface area contributed by atoms with Crippen LogP contribution < -0.4 is 5.73 Å². The second-order valence-electron chi connectivity index (χ2n) is 3.79. The molecule has 2 rings (SSSR count). The van der Waals surface area contributed by atoms with Crippen LogP contribution >= 0.6 is 0 Å². The summed E-state index contributed by atoms with van der Waals surface area (Å²) >= 11 is 0. The van der Waals surface area contributed by atoms with Crippen molar-refractivity contribution in [3.63, 3.8) is 0 Å². The summed E-state index contributed by atoms with van der Waals surface area (Å²) in [6.45, 7) is 1.93. The summed E-state index contributed by atoms with van der Waals surface area (Å²) in [5.41, 5.74) is 8.07. The Hall–Kier alpha value is -1.32. The van der Waals surface area contributed by atoms with E-state index in [0.29, 0.717) is 6.42 Å². The fourth-order valence-corrected chi connectivity index (χ4v) is 1.86. The Morgan fingerprint density at radius 1 is 1.40 bits per heavy atom. The van der Waals surface area contributed by atoms with E-state index >= 15 is 0 Å². The van der Waals surface area contributed by atoms with Crippen molar-refractivity contribution in [3.8, 4) is 0 Å². The average Bonchev–Trinajstić information content (AvgIpc) is 2.74. The molecule has 0 fully saturated rings. The van der Waals surface area contributed by atoms with Gasteiger partial charge in [0.25, 0.3) is 0 Å². The van der Waals surface area contributed by atoms with Gasteiger partial charge in [0.2, 0.25) is 0 Å². The predicted molar refractivity (Wildman–Crippen MR) is 61.5 cm³/mol. The van der Waals surface area contributed by atoms with Crippen LogP contribution in [0.25, 0.3) is 10.9 Å². The van der Waals surface area contributed by atoms with Crippen LogP contribution in [0.4, 0.5) is 0 Å². The fourth-order valence-electron chi connectivity index (χ4n) is 1.86. The highest BCUT2D eigenvalue weighted by molar-refractivity contribution is 5.83. The number of H-pyrrole nitrogens is 1. The maximum Gasteiger partial charge on any atom is 0.0730 e. The Morgan fingerprint density at radius 3 is 2.93 bits per heavy atom. The topological polar surface area (TPSA) is 62.0 Å². The second-order valence-corrected chi connectivity index (χ2v) is 3.79. The third kappa shape index (κ3) is 1.76. The van der Waals surface area contributed by atoms with Crippen LogP contribution in [-0.2, 0) is 0 Å². The summed E-state index contributed by atoms with van der Waals surface area (Å²) < 4.78 is 0. The molecule has 0 spiro atoms. The standard InChI is InChI=1S/C12H16N2O/c1-2-11(15)12(13)9-4-3-5-10-8(9)6-7-14-10/h3-7,11-12,14-15H,2,13H2,1H3/t11-,12+/m0/s1. The van der Waals surface area contributed by atoms with Gasteiger partial charge in [0.05, 0.1) is 12.1 Å². The molecule has 0 amide bonds. The van der Waals surface area contributed by atoms with E-state index in [9.17, 15) is 5.11 Å². The summed E-state index contributed by atoms with van der Waals surface area (Å²) in [5, 5.41) is 10.8. The van der Waals surface area contributed by atoms with Gasteiger partial charge in [0.1, 0.15) is 0 Å². The molecule has 0 unspecified atom stereocenters. The summed E-state index contributed by atoms with van der Waals surface area (Å²) in [4.78, 5) is 3.13. The van der Waals surface area contributed by atoms with Gasteiger partial charge in [0.15, 0.2) is 0 Å². The van der Waals surface area contributed by atoms with Crippen molar-refractivity contribution in [1.29, 1.82) is 0 Å². The van der Waals surface area contributed by atoms with Crippen LogP contribution in [0.2, 0.25) is 0 Å². The molecule has 0 aliphatic heterocycles. The van der Waals surface area contributed by atoms with Gasteiger partial charge in [-0.05, 0) is 24.1 Å². The summed E-state index contributed by atoms with van der Waals surface area (Å²) in [7, 11) is 0. The maximum absolute atomic E-state index is 9.74. The molecule has 1 aromatic carbocycles. The highest BCUT2D eigenvalue weighted by Crippen LogP contribution is 2.24. The molecule has 0 radical (unpaired) electrons.